The Morgan fingerprint density at radius 1 is 1.10 bits per heavy atom. The molecule has 2 rings (SSSR count). The summed E-state index contributed by atoms with van der Waals surface area (Å²) in [5.74, 6) is 2.37. The monoisotopic (exact) mass is 396 g/mol. The second kappa shape index (κ2) is 11.6. The molecule has 0 aromatic heterocycles. The molecule has 0 aliphatic heterocycles. The maximum Gasteiger partial charge on any atom is 0.234 e. The van der Waals surface area contributed by atoms with E-state index in [-0.39, 0.29) is 12.3 Å². The summed E-state index contributed by atoms with van der Waals surface area (Å²) in [7, 11) is 1.60. The zero-order valence-electron chi connectivity index (χ0n) is 17.2. The van der Waals surface area contributed by atoms with E-state index in [1.807, 2.05) is 42.5 Å². The fourth-order valence-corrected chi connectivity index (χ4v) is 2.87. The van der Waals surface area contributed by atoms with Crippen LogP contribution in [0.2, 0.25) is 0 Å². The molecule has 29 heavy (non-hydrogen) atoms. The van der Waals surface area contributed by atoms with Crippen molar-refractivity contribution in [3.63, 3.8) is 0 Å². The van der Waals surface area contributed by atoms with Crippen LogP contribution in [0, 0.1) is 11.3 Å². The third kappa shape index (κ3) is 7.04. The van der Waals surface area contributed by atoms with Gasteiger partial charge in [0, 0.05) is 12.6 Å². The number of amides is 1. The molecule has 0 atom stereocenters. The third-order valence-corrected chi connectivity index (χ3v) is 4.37. The number of nitrogens with zero attached hydrogens (tertiary/aromatic N) is 1. The molecule has 0 spiro atoms. The predicted octanol–water partition coefficient (Wildman–Crippen LogP) is 3.85. The summed E-state index contributed by atoms with van der Waals surface area (Å²) < 4.78 is 17.1. The molecule has 0 radical (unpaired) electrons. The Balaban J connectivity index is 1.93. The number of hydrogen-bond acceptors (Lipinski definition) is 5. The van der Waals surface area contributed by atoms with Gasteiger partial charge in [0.05, 0.1) is 13.2 Å². The molecule has 1 N–H and O–H groups in total. The maximum absolute atomic E-state index is 11.4. The third-order valence-electron chi connectivity index (χ3n) is 4.37. The highest BCUT2D eigenvalue weighted by Gasteiger charge is 2.09. The summed E-state index contributed by atoms with van der Waals surface area (Å²) in [6.07, 6.45) is 0.453. The fourth-order valence-electron chi connectivity index (χ4n) is 2.87. The topological polar surface area (TPSA) is 80.6 Å². The van der Waals surface area contributed by atoms with Gasteiger partial charge in [-0.05, 0) is 35.6 Å². The van der Waals surface area contributed by atoms with Crippen molar-refractivity contribution < 1.29 is 19.0 Å². The quantitative estimate of drug-likeness (QED) is 0.584. The van der Waals surface area contributed by atoms with Crippen LogP contribution in [0.5, 0.6) is 17.2 Å². The average Bonchev–Trinajstić information content (AvgIpc) is 2.72. The van der Waals surface area contributed by atoms with Crippen LogP contribution in [0.4, 0.5) is 0 Å². The zero-order valence-corrected chi connectivity index (χ0v) is 17.2. The SMILES string of the molecule is COc1ccc(CCNC(=O)CC#N)c(OCCOc2ccccc2C(C)C)c1. The van der Waals surface area contributed by atoms with Crippen LogP contribution in [0.25, 0.3) is 0 Å². The van der Waals surface area contributed by atoms with Gasteiger partial charge in [0.1, 0.15) is 36.9 Å². The van der Waals surface area contributed by atoms with Crippen LogP contribution in [-0.4, -0.2) is 32.8 Å². The van der Waals surface area contributed by atoms with E-state index in [0.29, 0.717) is 43.6 Å². The number of rotatable bonds is 11. The number of nitriles is 1. The van der Waals surface area contributed by atoms with Gasteiger partial charge in [-0.15, -0.1) is 0 Å². The summed E-state index contributed by atoms with van der Waals surface area (Å²) >= 11 is 0. The van der Waals surface area contributed by atoms with E-state index in [2.05, 4.69) is 25.2 Å². The molecule has 6 nitrogen and oxygen atoms in total. The summed E-state index contributed by atoms with van der Waals surface area (Å²) in [5.41, 5.74) is 2.12. The molecule has 0 aliphatic carbocycles. The van der Waals surface area contributed by atoms with Gasteiger partial charge in [-0.1, -0.05) is 38.1 Å². The molecule has 0 aliphatic rings. The lowest BCUT2D eigenvalue weighted by Gasteiger charge is -2.16. The van der Waals surface area contributed by atoms with Crippen LogP contribution in [0.3, 0.4) is 0 Å². The van der Waals surface area contributed by atoms with Gasteiger partial charge in [0.25, 0.3) is 0 Å². The number of carbonyl (C=O) groups excluding carboxylic acids is 1. The van der Waals surface area contributed by atoms with E-state index in [0.717, 1.165) is 11.3 Å². The highest BCUT2D eigenvalue weighted by atomic mass is 16.5. The van der Waals surface area contributed by atoms with Crippen molar-refractivity contribution in [2.45, 2.75) is 32.6 Å². The molecule has 0 heterocycles. The van der Waals surface area contributed by atoms with Crippen molar-refractivity contribution in [1.29, 1.82) is 5.26 Å². The van der Waals surface area contributed by atoms with Crippen molar-refractivity contribution in [2.75, 3.05) is 26.9 Å². The minimum atomic E-state index is -0.277. The van der Waals surface area contributed by atoms with E-state index in [1.165, 1.54) is 5.56 Å². The second-order valence-electron chi connectivity index (χ2n) is 6.80. The average molecular weight is 396 g/mol. The molecular formula is C23H28N2O4. The van der Waals surface area contributed by atoms with Crippen molar-refractivity contribution >= 4 is 5.91 Å². The summed E-state index contributed by atoms with van der Waals surface area (Å²) in [5, 5.41) is 11.3. The van der Waals surface area contributed by atoms with E-state index in [1.54, 1.807) is 7.11 Å². The lowest BCUT2D eigenvalue weighted by Crippen LogP contribution is -2.25. The van der Waals surface area contributed by atoms with Gasteiger partial charge in [0.15, 0.2) is 0 Å². The van der Waals surface area contributed by atoms with Gasteiger partial charge < -0.3 is 19.5 Å². The molecule has 0 unspecified atom stereocenters. The number of benzene rings is 2. The second-order valence-corrected chi connectivity index (χ2v) is 6.80. The van der Waals surface area contributed by atoms with E-state index in [9.17, 15) is 4.79 Å². The molecule has 6 heteroatoms. The maximum atomic E-state index is 11.4. The highest BCUT2D eigenvalue weighted by Crippen LogP contribution is 2.27. The van der Waals surface area contributed by atoms with E-state index < -0.39 is 0 Å². The summed E-state index contributed by atoms with van der Waals surface area (Å²) in [6.45, 7) is 5.50. The number of hydrogen-bond donors (Lipinski definition) is 1. The number of nitrogens with one attached hydrogen (secondary N) is 1. The number of ether oxygens (including phenoxy) is 3. The first-order valence-electron chi connectivity index (χ1n) is 9.70. The largest absolute Gasteiger partial charge is 0.497 e. The summed E-state index contributed by atoms with van der Waals surface area (Å²) in [6, 6.07) is 15.4. The van der Waals surface area contributed by atoms with Crippen LogP contribution in [0.15, 0.2) is 42.5 Å². The number of methoxy groups -OCH3 is 1. The van der Waals surface area contributed by atoms with E-state index >= 15 is 0 Å². The Labute approximate surface area is 172 Å². The normalized spacial score (nSPS) is 10.3. The van der Waals surface area contributed by atoms with Crippen molar-refractivity contribution in [1.82, 2.24) is 5.32 Å². The molecule has 154 valence electrons. The van der Waals surface area contributed by atoms with Gasteiger partial charge in [-0.25, -0.2) is 0 Å². The zero-order chi connectivity index (χ0) is 21.1. The predicted molar refractivity (Wildman–Crippen MR) is 111 cm³/mol. The van der Waals surface area contributed by atoms with Gasteiger partial charge in [0.2, 0.25) is 5.91 Å². The molecule has 1 amide bonds. The fraction of sp³-hybridized carbons (Fsp3) is 0.391. The van der Waals surface area contributed by atoms with Crippen LogP contribution < -0.4 is 19.5 Å². The van der Waals surface area contributed by atoms with Crippen LogP contribution in [-0.2, 0) is 11.2 Å². The lowest BCUT2D eigenvalue weighted by atomic mass is 10.0. The summed E-state index contributed by atoms with van der Waals surface area (Å²) in [4.78, 5) is 11.4. The van der Waals surface area contributed by atoms with Crippen LogP contribution >= 0.6 is 0 Å². The minimum absolute atomic E-state index is 0.138. The molecule has 0 saturated heterocycles. The molecular weight excluding hydrogens is 368 g/mol. The van der Waals surface area contributed by atoms with Crippen molar-refractivity contribution in [3.05, 3.63) is 53.6 Å². The molecule has 2 aromatic rings. The molecule has 2 aromatic carbocycles. The lowest BCUT2D eigenvalue weighted by molar-refractivity contribution is -0.120. The molecule has 0 fully saturated rings. The Hall–Kier alpha value is -3.20. The number of para-hydroxylation sites is 1. The van der Waals surface area contributed by atoms with Gasteiger partial charge in [-0.2, -0.15) is 5.26 Å². The smallest absolute Gasteiger partial charge is 0.234 e. The first-order valence-corrected chi connectivity index (χ1v) is 9.70. The first-order chi connectivity index (χ1) is 14.0. The highest BCUT2D eigenvalue weighted by molar-refractivity contribution is 5.77. The molecule has 0 bridgehead atoms. The van der Waals surface area contributed by atoms with Gasteiger partial charge in [-0.3, -0.25) is 4.79 Å². The van der Waals surface area contributed by atoms with Gasteiger partial charge >= 0.3 is 0 Å². The Bertz CT molecular complexity index is 843. The Morgan fingerprint density at radius 2 is 1.83 bits per heavy atom. The minimum Gasteiger partial charge on any atom is -0.497 e. The number of carbonyl (C=O) groups is 1. The van der Waals surface area contributed by atoms with Crippen LogP contribution in [0.1, 0.15) is 37.3 Å². The Morgan fingerprint density at radius 3 is 2.52 bits per heavy atom. The van der Waals surface area contributed by atoms with Crippen molar-refractivity contribution in [2.24, 2.45) is 0 Å². The van der Waals surface area contributed by atoms with Crippen molar-refractivity contribution in [3.8, 4) is 23.3 Å². The van der Waals surface area contributed by atoms with E-state index in [4.69, 9.17) is 19.5 Å². The molecule has 0 saturated carbocycles. The Kier molecular flexibility index (Phi) is 8.84. The first kappa shape index (κ1) is 22.1. The standard InChI is InChI=1S/C23H28N2O4/c1-17(2)20-6-4-5-7-21(20)28-14-15-29-22-16-19(27-3)9-8-18(22)11-13-25-23(26)10-12-24/h4-9,16-17H,10-11,13-15H2,1-3H3,(H,25,26).